The number of rotatable bonds is 5. The van der Waals surface area contributed by atoms with Gasteiger partial charge >= 0.3 is 5.16 Å². The molecule has 0 aliphatic carbocycles. The van der Waals surface area contributed by atoms with Crippen molar-refractivity contribution < 1.29 is 9.48 Å². The molecular formula is C17H16ClN4OS+. The van der Waals surface area contributed by atoms with Gasteiger partial charge in [0, 0.05) is 0 Å². The number of aromatic amines is 1. The molecule has 0 fully saturated rings. The highest BCUT2D eigenvalue weighted by Crippen LogP contribution is 2.23. The van der Waals surface area contributed by atoms with E-state index >= 15 is 0 Å². The summed E-state index contributed by atoms with van der Waals surface area (Å²) in [5.74, 6) is 0.107. The average Bonchev–Trinajstić information content (AvgIpc) is 3.05. The zero-order valence-corrected chi connectivity index (χ0v) is 14.6. The van der Waals surface area contributed by atoms with Gasteiger partial charge < -0.3 is 5.32 Å². The second-order valence-electron chi connectivity index (χ2n) is 5.16. The molecule has 0 aliphatic heterocycles. The predicted octanol–water partition coefficient (Wildman–Crippen LogP) is 3.38. The van der Waals surface area contributed by atoms with Crippen LogP contribution in [0, 0.1) is 6.92 Å². The number of carbonyl (C=O) groups is 1. The van der Waals surface area contributed by atoms with Gasteiger partial charge in [0.15, 0.2) is 5.69 Å². The van der Waals surface area contributed by atoms with Crippen LogP contribution < -0.4 is 10.00 Å². The number of aromatic nitrogens is 3. The highest BCUT2D eigenvalue weighted by atomic mass is 35.5. The Morgan fingerprint density at radius 3 is 2.83 bits per heavy atom. The third-order valence-corrected chi connectivity index (χ3v) is 4.56. The molecule has 0 unspecified atom stereocenters. The molecule has 2 N–H and O–H groups in total. The lowest BCUT2D eigenvalue weighted by Gasteiger charge is -2.06. The molecule has 1 heterocycles. The monoisotopic (exact) mass is 359 g/mol. The van der Waals surface area contributed by atoms with Gasteiger partial charge in [0.25, 0.3) is 0 Å². The molecule has 0 aliphatic rings. The number of para-hydroxylation sites is 1. The second kappa shape index (κ2) is 7.51. The van der Waals surface area contributed by atoms with Gasteiger partial charge in [0.2, 0.25) is 12.2 Å². The topological polar surface area (TPSA) is 61.7 Å². The van der Waals surface area contributed by atoms with Crippen molar-refractivity contribution in [3.63, 3.8) is 0 Å². The van der Waals surface area contributed by atoms with Gasteiger partial charge in [-0.15, -0.1) is 4.68 Å². The van der Waals surface area contributed by atoms with Gasteiger partial charge in [-0.05, 0) is 53.5 Å². The molecule has 1 amide bonds. The van der Waals surface area contributed by atoms with Crippen LogP contribution in [0.4, 0.5) is 5.69 Å². The SMILES string of the molecule is Cc1ccc(NC(=O)CSc2nc[nH][n+]2-c2ccccc2)c(Cl)c1. The Balaban J connectivity index is 1.64. The normalized spacial score (nSPS) is 10.6. The first-order valence-electron chi connectivity index (χ1n) is 7.33. The number of anilines is 1. The first-order valence-corrected chi connectivity index (χ1v) is 8.69. The smallest absolute Gasteiger partial charge is 0.324 e. The zero-order valence-electron chi connectivity index (χ0n) is 13.0. The lowest BCUT2D eigenvalue weighted by Crippen LogP contribution is -2.35. The lowest BCUT2D eigenvalue weighted by atomic mass is 10.2. The minimum absolute atomic E-state index is 0.131. The largest absolute Gasteiger partial charge is 0.385 e. The summed E-state index contributed by atoms with van der Waals surface area (Å²) in [5.41, 5.74) is 2.62. The summed E-state index contributed by atoms with van der Waals surface area (Å²) >= 11 is 7.49. The van der Waals surface area contributed by atoms with Gasteiger partial charge in [0.05, 0.1) is 16.5 Å². The van der Waals surface area contributed by atoms with Crippen molar-refractivity contribution in [2.75, 3.05) is 11.1 Å². The number of aryl methyl sites for hydroxylation is 1. The fourth-order valence-corrected chi connectivity index (χ4v) is 3.19. The van der Waals surface area contributed by atoms with Crippen molar-refractivity contribution in [2.24, 2.45) is 0 Å². The summed E-state index contributed by atoms with van der Waals surface area (Å²) in [6.45, 7) is 1.95. The maximum atomic E-state index is 12.2. The number of benzene rings is 2. The first kappa shape index (κ1) is 16.5. The highest BCUT2D eigenvalue weighted by Gasteiger charge is 2.18. The van der Waals surface area contributed by atoms with E-state index in [1.807, 2.05) is 54.1 Å². The quantitative estimate of drug-likeness (QED) is 0.542. The van der Waals surface area contributed by atoms with Gasteiger partial charge in [0.1, 0.15) is 0 Å². The van der Waals surface area contributed by atoms with Crippen LogP contribution in [0.1, 0.15) is 5.56 Å². The number of amides is 1. The third-order valence-electron chi connectivity index (χ3n) is 3.30. The molecule has 5 nitrogen and oxygen atoms in total. The predicted molar refractivity (Wildman–Crippen MR) is 95.7 cm³/mol. The molecule has 7 heteroatoms. The van der Waals surface area contributed by atoms with E-state index in [0.29, 0.717) is 15.9 Å². The molecule has 24 heavy (non-hydrogen) atoms. The molecule has 122 valence electrons. The number of halogens is 1. The number of nitrogens with zero attached hydrogens (tertiary/aromatic N) is 2. The Labute approximate surface area is 149 Å². The fraction of sp³-hybridized carbons (Fsp3) is 0.118. The molecule has 3 aromatic rings. The Morgan fingerprint density at radius 2 is 2.08 bits per heavy atom. The van der Waals surface area contributed by atoms with E-state index in [4.69, 9.17) is 11.6 Å². The van der Waals surface area contributed by atoms with Gasteiger partial charge in [-0.2, -0.15) is 5.10 Å². The van der Waals surface area contributed by atoms with Crippen molar-refractivity contribution in [3.8, 4) is 5.69 Å². The average molecular weight is 360 g/mol. The molecule has 0 saturated heterocycles. The van der Waals surface area contributed by atoms with E-state index in [1.165, 1.54) is 11.8 Å². The van der Waals surface area contributed by atoms with E-state index in [0.717, 1.165) is 11.3 Å². The summed E-state index contributed by atoms with van der Waals surface area (Å²) in [5, 5.41) is 7.11. The van der Waals surface area contributed by atoms with Gasteiger partial charge in [-0.25, -0.2) is 0 Å². The summed E-state index contributed by atoms with van der Waals surface area (Å²) in [4.78, 5) is 16.4. The zero-order chi connectivity index (χ0) is 16.9. The van der Waals surface area contributed by atoms with Crippen molar-refractivity contribution in [1.82, 2.24) is 10.1 Å². The van der Waals surface area contributed by atoms with E-state index in [-0.39, 0.29) is 11.7 Å². The second-order valence-corrected chi connectivity index (χ2v) is 6.51. The van der Waals surface area contributed by atoms with Crippen molar-refractivity contribution >= 4 is 35.0 Å². The van der Waals surface area contributed by atoms with Crippen LogP contribution in [0.3, 0.4) is 0 Å². The Morgan fingerprint density at radius 1 is 1.29 bits per heavy atom. The van der Waals surface area contributed by atoms with Gasteiger partial charge in [-0.3, -0.25) is 4.79 Å². The maximum Gasteiger partial charge on any atom is 0.385 e. The van der Waals surface area contributed by atoms with Gasteiger partial charge in [-0.1, -0.05) is 35.9 Å². The molecule has 0 spiro atoms. The third kappa shape index (κ3) is 3.96. The number of carbonyl (C=O) groups excluding carboxylic acids is 1. The molecule has 0 atom stereocenters. The maximum absolute atomic E-state index is 12.2. The Hall–Kier alpha value is -2.31. The van der Waals surface area contributed by atoms with Crippen molar-refractivity contribution in [1.29, 1.82) is 0 Å². The van der Waals surface area contributed by atoms with Crippen LogP contribution in [0.2, 0.25) is 5.02 Å². The van der Waals surface area contributed by atoms with E-state index < -0.39 is 0 Å². The Kier molecular flexibility index (Phi) is 5.17. The molecule has 1 aromatic heterocycles. The highest BCUT2D eigenvalue weighted by molar-refractivity contribution is 7.99. The van der Waals surface area contributed by atoms with Crippen LogP contribution in [0.25, 0.3) is 5.69 Å². The van der Waals surface area contributed by atoms with Crippen LogP contribution in [0.15, 0.2) is 60.0 Å². The summed E-state index contributed by atoms with van der Waals surface area (Å²) in [7, 11) is 0. The van der Waals surface area contributed by atoms with Crippen LogP contribution in [-0.2, 0) is 4.79 Å². The Bertz CT molecular complexity index is 851. The first-order chi connectivity index (χ1) is 11.6. The van der Waals surface area contributed by atoms with E-state index in [2.05, 4.69) is 15.4 Å². The summed E-state index contributed by atoms with van der Waals surface area (Å²) in [6, 6.07) is 15.3. The minimum Gasteiger partial charge on any atom is -0.324 e. The van der Waals surface area contributed by atoms with Crippen molar-refractivity contribution in [3.05, 3.63) is 65.4 Å². The van der Waals surface area contributed by atoms with E-state index in [9.17, 15) is 4.79 Å². The lowest BCUT2D eigenvalue weighted by molar-refractivity contribution is -0.694. The molecule has 0 radical (unpaired) electrons. The molecular weight excluding hydrogens is 344 g/mol. The standard InChI is InChI=1S/C17H15ClN4OS/c1-12-7-8-15(14(18)9-12)21-16(23)10-24-17-19-11-20-22(17)13-5-3-2-4-6-13/h2-9,11H,10H2,1H3,(H,21,23)/p+1. The van der Waals surface area contributed by atoms with Crippen molar-refractivity contribution in [2.45, 2.75) is 12.1 Å². The number of nitrogens with one attached hydrogen (secondary N) is 2. The molecule has 3 rings (SSSR count). The number of H-pyrrole nitrogens is 1. The summed E-state index contributed by atoms with van der Waals surface area (Å²) in [6.07, 6.45) is 1.60. The molecule has 2 aromatic carbocycles. The number of hydrogen-bond acceptors (Lipinski definition) is 3. The molecule has 0 saturated carbocycles. The summed E-state index contributed by atoms with van der Waals surface area (Å²) < 4.78 is 1.83. The number of thioether (sulfide) groups is 1. The van der Waals surface area contributed by atoms with Crippen LogP contribution in [-0.4, -0.2) is 21.7 Å². The molecule has 0 bridgehead atoms. The number of hydrogen-bond donors (Lipinski definition) is 2. The van der Waals surface area contributed by atoms with Crippen LogP contribution in [0.5, 0.6) is 0 Å². The fourth-order valence-electron chi connectivity index (χ4n) is 2.16. The van der Waals surface area contributed by atoms with Crippen LogP contribution >= 0.6 is 23.4 Å². The van der Waals surface area contributed by atoms with E-state index in [1.54, 1.807) is 12.4 Å². The minimum atomic E-state index is -0.131.